The van der Waals surface area contributed by atoms with Crippen LogP contribution in [0.25, 0.3) is 0 Å². The van der Waals surface area contributed by atoms with Gasteiger partial charge in [-0.25, -0.2) is 4.58 Å². The molecule has 0 radical (unpaired) electrons. The van der Waals surface area contributed by atoms with E-state index in [0.29, 0.717) is 18.9 Å². The monoisotopic (exact) mass is 314 g/mol. The van der Waals surface area contributed by atoms with Crippen LogP contribution in [0.1, 0.15) is 18.4 Å². The van der Waals surface area contributed by atoms with Gasteiger partial charge in [-0.3, -0.25) is 4.79 Å². The summed E-state index contributed by atoms with van der Waals surface area (Å²) in [7, 11) is 3.45. The van der Waals surface area contributed by atoms with Gasteiger partial charge in [-0.1, -0.05) is 18.2 Å². The molecule has 1 unspecified atom stereocenters. The molecular weight excluding hydrogens is 290 g/mol. The number of para-hydroxylation sites is 1. The van der Waals surface area contributed by atoms with Crippen LogP contribution in [-0.2, 0) is 16.1 Å². The first kappa shape index (κ1) is 15.6. The van der Waals surface area contributed by atoms with Crippen LogP contribution in [0.2, 0.25) is 0 Å². The molecule has 1 saturated heterocycles. The number of carbonyl (C=O) groups excluding carboxylic acids is 1. The minimum Gasteiger partial charge on any atom is -0.469 e. The number of fused-ring (bicyclic) bond motifs is 2. The van der Waals surface area contributed by atoms with Crippen molar-refractivity contribution in [3.63, 3.8) is 0 Å². The van der Waals surface area contributed by atoms with Crippen molar-refractivity contribution < 1.29 is 14.1 Å². The molecule has 1 fully saturated rings. The zero-order valence-corrected chi connectivity index (χ0v) is 13.8. The number of nitrogens with zero attached hydrogens (tertiary/aromatic N) is 2. The van der Waals surface area contributed by atoms with Gasteiger partial charge in [0.25, 0.3) is 0 Å². The van der Waals surface area contributed by atoms with Gasteiger partial charge in [0.2, 0.25) is 0 Å². The average molecular weight is 314 g/mol. The number of carbonyl (C=O) groups is 1. The standard InChI is InChI=1S/C18H24N3O2/c1-20(8-7-18(22)23-2)11-14-9-16-10-19-17-6-4-3-5-15(17)13-21(16)12-14/h3-6,10-11,14,19H,7-9,12-13H2,1-2H3/q+1. The van der Waals surface area contributed by atoms with Crippen LogP contribution < -0.4 is 5.32 Å². The highest BCUT2D eigenvalue weighted by Crippen LogP contribution is 2.31. The first-order valence-electron chi connectivity index (χ1n) is 8.06. The number of rotatable bonds is 4. The largest absolute Gasteiger partial charge is 0.469 e. The summed E-state index contributed by atoms with van der Waals surface area (Å²) in [4.78, 5) is 13.7. The van der Waals surface area contributed by atoms with E-state index in [2.05, 4.69) is 56.2 Å². The predicted octanol–water partition coefficient (Wildman–Crippen LogP) is 2.05. The van der Waals surface area contributed by atoms with Crippen molar-refractivity contribution in [3.05, 3.63) is 41.7 Å². The second-order valence-electron chi connectivity index (χ2n) is 6.24. The normalized spacial score (nSPS) is 20.1. The summed E-state index contributed by atoms with van der Waals surface area (Å²) >= 11 is 0. The fraction of sp³-hybridized carbons (Fsp3) is 0.444. The number of methoxy groups -OCH3 is 1. The molecule has 0 bridgehead atoms. The van der Waals surface area contributed by atoms with Crippen molar-refractivity contribution in [2.24, 2.45) is 5.92 Å². The predicted molar refractivity (Wildman–Crippen MR) is 90.4 cm³/mol. The van der Waals surface area contributed by atoms with Gasteiger partial charge in [0.1, 0.15) is 19.7 Å². The molecule has 5 heteroatoms. The van der Waals surface area contributed by atoms with E-state index < -0.39 is 0 Å². The highest BCUT2D eigenvalue weighted by atomic mass is 16.5. The number of ether oxygens (including phenoxy) is 1. The Labute approximate surface area is 137 Å². The Bertz CT molecular complexity index is 651. The van der Waals surface area contributed by atoms with Crippen LogP contribution >= 0.6 is 0 Å². The van der Waals surface area contributed by atoms with E-state index in [4.69, 9.17) is 0 Å². The Balaban J connectivity index is 1.63. The lowest BCUT2D eigenvalue weighted by atomic mass is 10.1. The van der Waals surface area contributed by atoms with E-state index in [1.165, 1.54) is 24.1 Å². The summed E-state index contributed by atoms with van der Waals surface area (Å²) in [5.41, 5.74) is 3.88. The van der Waals surface area contributed by atoms with Gasteiger partial charge in [0.15, 0.2) is 6.54 Å². The van der Waals surface area contributed by atoms with Gasteiger partial charge in [0.05, 0.1) is 13.0 Å². The summed E-state index contributed by atoms with van der Waals surface area (Å²) in [6.45, 7) is 2.67. The lowest BCUT2D eigenvalue weighted by molar-refractivity contribution is -0.493. The molecule has 0 aromatic heterocycles. The Kier molecular flexibility index (Phi) is 4.65. The van der Waals surface area contributed by atoms with E-state index in [1.807, 2.05) is 7.05 Å². The second kappa shape index (κ2) is 6.86. The topological polar surface area (TPSA) is 44.6 Å². The third-order valence-corrected chi connectivity index (χ3v) is 4.47. The summed E-state index contributed by atoms with van der Waals surface area (Å²) < 4.78 is 6.80. The second-order valence-corrected chi connectivity index (χ2v) is 6.24. The molecule has 1 atom stereocenters. The molecule has 3 rings (SSSR count). The number of hydrogen-bond acceptors (Lipinski definition) is 4. The van der Waals surface area contributed by atoms with Crippen LogP contribution in [0.3, 0.4) is 0 Å². The number of nitrogens with one attached hydrogen (secondary N) is 1. The Morgan fingerprint density at radius 3 is 3.13 bits per heavy atom. The first-order valence-corrected chi connectivity index (χ1v) is 8.06. The fourth-order valence-corrected chi connectivity index (χ4v) is 3.25. The van der Waals surface area contributed by atoms with Gasteiger partial charge < -0.3 is 15.0 Å². The van der Waals surface area contributed by atoms with Crippen molar-refractivity contribution >= 4 is 17.9 Å². The maximum absolute atomic E-state index is 11.2. The van der Waals surface area contributed by atoms with Crippen molar-refractivity contribution in [3.8, 4) is 0 Å². The molecule has 1 aromatic carbocycles. The van der Waals surface area contributed by atoms with Crippen molar-refractivity contribution in [2.45, 2.75) is 19.4 Å². The SMILES string of the molecule is COC(=O)CC[N+](C)=CC1CC2=CNc3ccccc3CN2C1. The van der Waals surface area contributed by atoms with Crippen LogP contribution in [0.5, 0.6) is 0 Å². The van der Waals surface area contributed by atoms with E-state index in [0.717, 1.165) is 19.5 Å². The Morgan fingerprint density at radius 2 is 2.30 bits per heavy atom. The maximum Gasteiger partial charge on any atom is 0.311 e. The fourth-order valence-electron chi connectivity index (χ4n) is 3.25. The van der Waals surface area contributed by atoms with Crippen LogP contribution in [0, 0.1) is 5.92 Å². The van der Waals surface area contributed by atoms with Crippen molar-refractivity contribution in [1.82, 2.24) is 4.90 Å². The third kappa shape index (κ3) is 3.73. The number of esters is 1. The molecule has 122 valence electrons. The van der Waals surface area contributed by atoms with E-state index >= 15 is 0 Å². The smallest absolute Gasteiger partial charge is 0.311 e. The number of anilines is 1. The lowest BCUT2D eigenvalue weighted by Gasteiger charge is -2.18. The maximum atomic E-state index is 11.2. The molecule has 1 N–H and O–H groups in total. The van der Waals surface area contributed by atoms with Crippen LogP contribution in [-0.4, -0.2) is 48.9 Å². The molecule has 0 aliphatic carbocycles. The molecule has 1 aromatic rings. The van der Waals surface area contributed by atoms with Gasteiger partial charge in [-0.05, 0) is 11.6 Å². The van der Waals surface area contributed by atoms with E-state index in [-0.39, 0.29) is 5.97 Å². The van der Waals surface area contributed by atoms with Gasteiger partial charge >= 0.3 is 5.97 Å². The summed E-state index contributed by atoms with van der Waals surface area (Å²) in [6, 6.07) is 8.46. The van der Waals surface area contributed by atoms with Gasteiger partial charge in [-0.2, -0.15) is 0 Å². The molecule has 2 heterocycles. The lowest BCUT2D eigenvalue weighted by Crippen LogP contribution is -2.22. The Hall–Kier alpha value is -2.30. The van der Waals surface area contributed by atoms with Crippen LogP contribution in [0.15, 0.2) is 36.2 Å². The van der Waals surface area contributed by atoms with Crippen molar-refractivity contribution in [2.75, 3.05) is 32.6 Å². The van der Waals surface area contributed by atoms with E-state index in [9.17, 15) is 4.79 Å². The summed E-state index contributed by atoms with van der Waals surface area (Å²) in [5, 5.41) is 3.43. The van der Waals surface area contributed by atoms with Crippen molar-refractivity contribution in [1.29, 1.82) is 0 Å². The zero-order valence-electron chi connectivity index (χ0n) is 13.8. The highest BCUT2D eigenvalue weighted by molar-refractivity contribution is 5.69. The first-order chi connectivity index (χ1) is 11.2. The molecule has 0 amide bonds. The molecule has 23 heavy (non-hydrogen) atoms. The molecule has 0 spiro atoms. The zero-order chi connectivity index (χ0) is 16.2. The quantitative estimate of drug-likeness (QED) is 0.525. The summed E-state index contributed by atoms with van der Waals surface area (Å²) in [6.07, 6.45) is 5.83. The third-order valence-electron chi connectivity index (χ3n) is 4.47. The highest BCUT2D eigenvalue weighted by Gasteiger charge is 2.29. The van der Waals surface area contributed by atoms with Crippen LogP contribution in [0.4, 0.5) is 5.69 Å². The average Bonchev–Trinajstić information content (AvgIpc) is 2.84. The minimum absolute atomic E-state index is 0.158. The molecule has 2 aliphatic rings. The number of hydrogen-bond donors (Lipinski definition) is 1. The molecule has 0 saturated carbocycles. The van der Waals surface area contributed by atoms with Gasteiger partial charge in [0, 0.05) is 37.1 Å². The molecule has 2 aliphatic heterocycles. The summed E-state index contributed by atoms with van der Waals surface area (Å²) in [5.74, 6) is 0.324. The number of benzene rings is 1. The minimum atomic E-state index is -0.158. The van der Waals surface area contributed by atoms with Gasteiger partial charge in [-0.15, -0.1) is 0 Å². The molecular formula is C18H24N3O2+. The number of allylic oxidation sites excluding steroid dienone is 1. The molecule has 5 nitrogen and oxygen atoms in total. The Morgan fingerprint density at radius 1 is 1.48 bits per heavy atom. The van der Waals surface area contributed by atoms with E-state index in [1.54, 1.807) is 0 Å².